The zero-order valence-corrected chi connectivity index (χ0v) is 14.1. The minimum atomic E-state index is -4.48. The summed E-state index contributed by atoms with van der Waals surface area (Å²) in [4.78, 5) is 16.1. The normalized spacial score (nSPS) is 11.9. The summed E-state index contributed by atoms with van der Waals surface area (Å²) in [5, 5.41) is 10.0. The van der Waals surface area contributed by atoms with E-state index in [1.807, 2.05) is 19.9 Å². The van der Waals surface area contributed by atoms with Gasteiger partial charge in [0.2, 0.25) is 0 Å². The van der Waals surface area contributed by atoms with Crippen LogP contribution in [0.5, 0.6) is 0 Å². The van der Waals surface area contributed by atoms with Gasteiger partial charge in [-0.1, -0.05) is 32.0 Å². The maximum absolute atomic E-state index is 12.9. The van der Waals surface area contributed by atoms with Gasteiger partial charge < -0.3 is 5.11 Å². The summed E-state index contributed by atoms with van der Waals surface area (Å²) >= 11 is 0. The van der Waals surface area contributed by atoms with Gasteiger partial charge in [-0.2, -0.15) is 13.2 Å². The number of fused-ring (bicyclic) bond motifs is 1. The molecule has 2 aromatic carbocycles. The number of hydrogen-bond donors (Lipinski definition) is 1. The number of hydrogen-bond acceptors (Lipinski definition) is 2. The maximum Gasteiger partial charge on any atom is 0.416 e. The molecule has 1 aromatic heterocycles. The van der Waals surface area contributed by atoms with E-state index in [9.17, 15) is 23.1 Å². The molecule has 0 unspecified atom stereocenters. The molecule has 1 N–H and O–H groups in total. The van der Waals surface area contributed by atoms with Crippen LogP contribution in [0.15, 0.2) is 48.5 Å². The number of nitrogens with zero attached hydrogens (tertiary/aromatic N) is 1. The molecule has 0 amide bonds. The fourth-order valence-corrected chi connectivity index (χ4v) is 2.78. The quantitative estimate of drug-likeness (QED) is 0.648. The Bertz CT molecular complexity index is 994. The molecule has 0 radical (unpaired) electrons. The number of aromatic carboxylic acids is 1. The Morgan fingerprint density at radius 1 is 1.08 bits per heavy atom. The molecular formula is C20H16F3NO2. The van der Waals surface area contributed by atoms with Gasteiger partial charge in [0.1, 0.15) is 0 Å². The summed E-state index contributed by atoms with van der Waals surface area (Å²) in [5.74, 6) is -0.935. The van der Waals surface area contributed by atoms with Crippen molar-refractivity contribution in [1.29, 1.82) is 0 Å². The van der Waals surface area contributed by atoms with E-state index in [0.717, 1.165) is 17.7 Å². The fraction of sp³-hybridized carbons (Fsp3) is 0.200. The van der Waals surface area contributed by atoms with Gasteiger partial charge >= 0.3 is 12.1 Å². The zero-order chi connectivity index (χ0) is 19.1. The van der Waals surface area contributed by atoms with Gasteiger partial charge in [-0.05, 0) is 41.8 Å². The number of carboxylic acids is 1. The smallest absolute Gasteiger partial charge is 0.416 e. The molecule has 3 rings (SSSR count). The number of carboxylic acid groups (broad SMARTS) is 1. The molecule has 0 saturated carbocycles. The molecule has 3 aromatic rings. The predicted molar refractivity (Wildman–Crippen MR) is 93.2 cm³/mol. The van der Waals surface area contributed by atoms with Crippen molar-refractivity contribution in [2.24, 2.45) is 0 Å². The van der Waals surface area contributed by atoms with E-state index >= 15 is 0 Å². The molecule has 0 aliphatic carbocycles. The molecule has 0 aliphatic rings. The minimum absolute atomic E-state index is 0.0184. The van der Waals surface area contributed by atoms with Gasteiger partial charge in [-0.3, -0.25) is 0 Å². The van der Waals surface area contributed by atoms with Crippen molar-refractivity contribution < 1.29 is 23.1 Å². The van der Waals surface area contributed by atoms with E-state index in [1.54, 1.807) is 12.1 Å². The van der Waals surface area contributed by atoms with Crippen molar-refractivity contribution in [2.45, 2.75) is 25.9 Å². The lowest BCUT2D eigenvalue weighted by Crippen LogP contribution is -2.05. The molecule has 0 aliphatic heterocycles. The standard InChI is InChI=1S/C20H16F3NO2/c1-11(2)12-6-7-17-15(9-12)16(19(25)26)10-18(24-17)13-4-3-5-14(8-13)20(21,22)23/h3-11H,1-2H3,(H,25,26). The molecule has 0 atom stereocenters. The maximum atomic E-state index is 12.9. The van der Waals surface area contributed by atoms with Crippen LogP contribution in [0.3, 0.4) is 0 Å². The van der Waals surface area contributed by atoms with Crippen LogP contribution < -0.4 is 0 Å². The van der Waals surface area contributed by atoms with Gasteiger partial charge in [0.05, 0.1) is 22.3 Å². The summed E-state index contributed by atoms with van der Waals surface area (Å²) in [5.41, 5.74) is 1.03. The van der Waals surface area contributed by atoms with Crippen molar-refractivity contribution in [1.82, 2.24) is 4.98 Å². The molecule has 26 heavy (non-hydrogen) atoms. The molecule has 0 fully saturated rings. The Hall–Kier alpha value is -2.89. The van der Waals surface area contributed by atoms with Crippen molar-refractivity contribution in [2.75, 3.05) is 0 Å². The predicted octanol–water partition coefficient (Wildman–Crippen LogP) is 5.74. The van der Waals surface area contributed by atoms with Crippen molar-refractivity contribution >= 4 is 16.9 Å². The topological polar surface area (TPSA) is 50.2 Å². The highest BCUT2D eigenvalue weighted by Gasteiger charge is 2.30. The number of rotatable bonds is 3. The van der Waals surface area contributed by atoms with Crippen LogP contribution in [0.1, 0.15) is 41.3 Å². The monoisotopic (exact) mass is 359 g/mol. The Balaban J connectivity index is 2.23. The first kappa shape index (κ1) is 17.9. The molecular weight excluding hydrogens is 343 g/mol. The third kappa shape index (κ3) is 3.40. The number of halogens is 3. The average Bonchev–Trinajstić information content (AvgIpc) is 2.59. The Labute approximate surface area is 148 Å². The van der Waals surface area contributed by atoms with E-state index in [2.05, 4.69) is 4.98 Å². The third-order valence-corrected chi connectivity index (χ3v) is 4.22. The molecule has 0 spiro atoms. The number of alkyl halides is 3. The summed E-state index contributed by atoms with van der Waals surface area (Å²) in [6.07, 6.45) is -4.48. The summed E-state index contributed by atoms with van der Waals surface area (Å²) in [6, 6.07) is 11.4. The molecule has 3 nitrogen and oxygen atoms in total. The lowest BCUT2D eigenvalue weighted by atomic mass is 9.97. The van der Waals surface area contributed by atoms with E-state index in [-0.39, 0.29) is 22.7 Å². The minimum Gasteiger partial charge on any atom is -0.478 e. The largest absolute Gasteiger partial charge is 0.478 e. The third-order valence-electron chi connectivity index (χ3n) is 4.22. The number of carbonyl (C=O) groups is 1. The number of benzene rings is 2. The van der Waals surface area contributed by atoms with E-state index in [0.29, 0.717) is 10.9 Å². The first-order valence-corrected chi connectivity index (χ1v) is 8.02. The van der Waals surface area contributed by atoms with E-state index in [1.165, 1.54) is 18.2 Å². The van der Waals surface area contributed by atoms with Crippen LogP contribution in [0, 0.1) is 0 Å². The molecule has 0 bridgehead atoms. The van der Waals surface area contributed by atoms with Crippen molar-refractivity contribution in [3.63, 3.8) is 0 Å². The summed E-state index contributed by atoms with van der Waals surface area (Å²) < 4.78 is 38.8. The van der Waals surface area contributed by atoms with Gasteiger partial charge in [-0.25, -0.2) is 9.78 Å². The molecule has 6 heteroatoms. The van der Waals surface area contributed by atoms with Gasteiger partial charge in [0.15, 0.2) is 0 Å². The van der Waals surface area contributed by atoms with Crippen molar-refractivity contribution in [3.8, 4) is 11.3 Å². The van der Waals surface area contributed by atoms with Crippen LogP contribution in [0.2, 0.25) is 0 Å². The lowest BCUT2D eigenvalue weighted by Gasteiger charge is -2.12. The van der Waals surface area contributed by atoms with Crippen LogP contribution in [-0.4, -0.2) is 16.1 Å². The lowest BCUT2D eigenvalue weighted by molar-refractivity contribution is -0.137. The van der Waals surface area contributed by atoms with E-state index in [4.69, 9.17) is 0 Å². The Kier molecular flexibility index (Phi) is 4.44. The Morgan fingerprint density at radius 2 is 1.81 bits per heavy atom. The second-order valence-electron chi connectivity index (χ2n) is 6.37. The van der Waals surface area contributed by atoms with Crippen LogP contribution in [0.4, 0.5) is 13.2 Å². The molecule has 0 saturated heterocycles. The van der Waals surface area contributed by atoms with Crippen molar-refractivity contribution in [3.05, 3.63) is 65.2 Å². The first-order valence-electron chi connectivity index (χ1n) is 8.02. The van der Waals surface area contributed by atoms with Gasteiger partial charge in [0.25, 0.3) is 0 Å². The fourth-order valence-electron chi connectivity index (χ4n) is 2.78. The number of pyridine rings is 1. The van der Waals surface area contributed by atoms with Crippen LogP contribution >= 0.6 is 0 Å². The second-order valence-corrected chi connectivity index (χ2v) is 6.37. The van der Waals surface area contributed by atoms with Gasteiger partial charge in [0, 0.05) is 10.9 Å². The zero-order valence-electron chi connectivity index (χ0n) is 14.1. The summed E-state index contributed by atoms with van der Waals surface area (Å²) in [6.45, 7) is 3.98. The summed E-state index contributed by atoms with van der Waals surface area (Å²) in [7, 11) is 0. The highest BCUT2D eigenvalue weighted by molar-refractivity contribution is 6.04. The second kappa shape index (κ2) is 6.44. The van der Waals surface area contributed by atoms with Crippen LogP contribution in [0.25, 0.3) is 22.2 Å². The molecule has 134 valence electrons. The molecule has 1 heterocycles. The highest BCUT2D eigenvalue weighted by atomic mass is 19.4. The average molecular weight is 359 g/mol. The van der Waals surface area contributed by atoms with E-state index < -0.39 is 17.7 Å². The SMILES string of the molecule is CC(C)c1ccc2nc(-c3cccc(C(F)(F)F)c3)cc(C(=O)O)c2c1. The van der Waals surface area contributed by atoms with Crippen LogP contribution in [-0.2, 0) is 6.18 Å². The Morgan fingerprint density at radius 3 is 2.42 bits per heavy atom. The van der Waals surface area contributed by atoms with Gasteiger partial charge in [-0.15, -0.1) is 0 Å². The number of aromatic nitrogens is 1. The first-order chi connectivity index (χ1) is 12.2. The highest BCUT2D eigenvalue weighted by Crippen LogP contribution is 2.33.